The molecular formula is C21H24BrN3O3. The van der Waals surface area contributed by atoms with Gasteiger partial charge in [-0.1, -0.05) is 22.9 Å². The highest BCUT2D eigenvalue weighted by atomic mass is 79.9. The predicted molar refractivity (Wildman–Crippen MR) is 114 cm³/mol. The van der Waals surface area contributed by atoms with E-state index in [2.05, 4.69) is 38.0 Å². The zero-order chi connectivity index (χ0) is 20.1. The van der Waals surface area contributed by atoms with E-state index >= 15 is 0 Å². The van der Waals surface area contributed by atoms with Crippen molar-refractivity contribution in [3.8, 4) is 0 Å². The topological polar surface area (TPSA) is 72.9 Å². The number of halogens is 1. The van der Waals surface area contributed by atoms with Crippen molar-refractivity contribution in [3.63, 3.8) is 0 Å². The quantitative estimate of drug-likeness (QED) is 0.704. The van der Waals surface area contributed by atoms with E-state index in [1.54, 1.807) is 36.4 Å². The number of carboxylic acid groups (broad SMARTS) is 1. The molecule has 6 nitrogen and oxygen atoms in total. The summed E-state index contributed by atoms with van der Waals surface area (Å²) >= 11 is 3.33. The maximum Gasteiger partial charge on any atom is 0.337 e. The highest BCUT2D eigenvalue weighted by molar-refractivity contribution is 9.10. The molecule has 0 radical (unpaired) electrons. The van der Waals surface area contributed by atoms with Crippen LogP contribution >= 0.6 is 15.9 Å². The Balaban J connectivity index is 1.75. The largest absolute Gasteiger partial charge is 0.478 e. The van der Waals surface area contributed by atoms with E-state index in [0.29, 0.717) is 11.3 Å². The van der Waals surface area contributed by atoms with Crippen LogP contribution in [0.5, 0.6) is 0 Å². The summed E-state index contributed by atoms with van der Waals surface area (Å²) in [4.78, 5) is 28.8. The van der Waals surface area contributed by atoms with Crippen LogP contribution in [0.1, 0.15) is 34.1 Å². The summed E-state index contributed by atoms with van der Waals surface area (Å²) in [5.74, 6) is -1.39. The highest BCUT2D eigenvalue weighted by Crippen LogP contribution is 2.25. The predicted octanol–water partition coefficient (Wildman–Crippen LogP) is 3.93. The molecule has 1 aliphatic rings. The van der Waals surface area contributed by atoms with Crippen LogP contribution in [0.25, 0.3) is 0 Å². The number of carbonyl (C=O) groups is 2. The fraction of sp³-hybridized carbons (Fsp3) is 0.333. The number of carboxylic acids is 1. The van der Waals surface area contributed by atoms with Gasteiger partial charge in [0.1, 0.15) is 0 Å². The van der Waals surface area contributed by atoms with Gasteiger partial charge in [0.2, 0.25) is 0 Å². The third-order valence-corrected chi connectivity index (χ3v) is 5.39. The number of hydrogen-bond acceptors (Lipinski definition) is 4. The molecule has 1 fully saturated rings. The Bertz CT molecular complexity index is 846. The van der Waals surface area contributed by atoms with Crippen molar-refractivity contribution in [3.05, 3.63) is 58.1 Å². The second-order valence-corrected chi connectivity index (χ2v) is 7.74. The summed E-state index contributed by atoms with van der Waals surface area (Å²) in [6.45, 7) is 6.94. The summed E-state index contributed by atoms with van der Waals surface area (Å²) in [5.41, 5.74) is 1.73. The Morgan fingerprint density at radius 1 is 1.07 bits per heavy atom. The van der Waals surface area contributed by atoms with Gasteiger partial charge in [0.15, 0.2) is 0 Å². The van der Waals surface area contributed by atoms with Crippen molar-refractivity contribution >= 4 is 39.2 Å². The number of hydrogen-bond donors (Lipinski definition) is 2. The number of benzene rings is 2. The molecule has 28 heavy (non-hydrogen) atoms. The van der Waals surface area contributed by atoms with Crippen LogP contribution in [0.2, 0.25) is 0 Å². The third-order valence-electron chi connectivity index (χ3n) is 4.87. The van der Waals surface area contributed by atoms with Gasteiger partial charge in [-0.15, -0.1) is 0 Å². The van der Waals surface area contributed by atoms with Crippen LogP contribution in [0.15, 0.2) is 46.9 Å². The molecule has 1 saturated heterocycles. The Kier molecular flexibility index (Phi) is 6.70. The van der Waals surface area contributed by atoms with Crippen molar-refractivity contribution in [1.29, 1.82) is 0 Å². The molecule has 0 unspecified atom stereocenters. The normalized spacial score (nSPS) is 14.7. The minimum absolute atomic E-state index is 0.0962. The van der Waals surface area contributed by atoms with Crippen molar-refractivity contribution in [2.45, 2.75) is 13.3 Å². The zero-order valence-corrected chi connectivity index (χ0v) is 17.4. The van der Waals surface area contributed by atoms with Gasteiger partial charge < -0.3 is 15.3 Å². The van der Waals surface area contributed by atoms with Crippen LogP contribution in [0.4, 0.5) is 11.4 Å². The van der Waals surface area contributed by atoms with Crippen molar-refractivity contribution in [2.75, 3.05) is 42.9 Å². The molecule has 3 rings (SSSR count). The van der Waals surface area contributed by atoms with Gasteiger partial charge in [-0.2, -0.15) is 0 Å². The molecular weight excluding hydrogens is 422 g/mol. The molecule has 0 spiro atoms. The highest BCUT2D eigenvalue weighted by Gasteiger charge is 2.20. The molecule has 2 aromatic rings. The first-order valence-electron chi connectivity index (χ1n) is 9.39. The van der Waals surface area contributed by atoms with Crippen molar-refractivity contribution in [1.82, 2.24) is 4.90 Å². The van der Waals surface area contributed by atoms with Gasteiger partial charge in [-0.05, 0) is 55.4 Å². The number of rotatable bonds is 6. The number of piperazine rings is 1. The van der Waals surface area contributed by atoms with E-state index in [9.17, 15) is 14.7 Å². The molecule has 1 aliphatic heterocycles. The fourth-order valence-electron chi connectivity index (χ4n) is 3.36. The van der Waals surface area contributed by atoms with Gasteiger partial charge in [-0.25, -0.2) is 4.79 Å². The van der Waals surface area contributed by atoms with Gasteiger partial charge >= 0.3 is 5.97 Å². The van der Waals surface area contributed by atoms with E-state index in [1.807, 2.05) is 6.07 Å². The van der Waals surface area contributed by atoms with Gasteiger partial charge in [0.05, 0.1) is 11.3 Å². The van der Waals surface area contributed by atoms with Gasteiger partial charge in [0, 0.05) is 41.9 Å². The second kappa shape index (κ2) is 9.21. The minimum Gasteiger partial charge on any atom is -0.478 e. The average molecular weight is 446 g/mol. The van der Waals surface area contributed by atoms with Crippen molar-refractivity contribution in [2.24, 2.45) is 0 Å². The standard InChI is InChI=1S/C21H24BrN3O3/c1-2-9-24-10-12-25(13-11-24)17-7-8-19(18(14-17)21(27)28)23-20(26)15-3-5-16(22)6-4-15/h3-8,14H,2,9-13H2,1H3,(H,23,26)(H,27,28). The first-order chi connectivity index (χ1) is 13.5. The van der Waals surface area contributed by atoms with Crippen LogP contribution < -0.4 is 10.2 Å². The van der Waals surface area contributed by atoms with Crippen molar-refractivity contribution < 1.29 is 14.7 Å². The Hall–Kier alpha value is -2.38. The summed E-state index contributed by atoms with van der Waals surface area (Å²) in [7, 11) is 0. The molecule has 0 aliphatic carbocycles. The maximum atomic E-state index is 12.4. The van der Waals surface area contributed by atoms with Gasteiger partial charge in [0.25, 0.3) is 5.91 Å². The van der Waals surface area contributed by atoms with E-state index in [-0.39, 0.29) is 11.5 Å². The van der Waals surface area contributed by atoms with Crippen LogP contribution in [0, 0.1) is 0 Å². The van der Waals surface area contributed by atoms with Crippen LogP contribution in [0.3, 0.4) is 0 Å². The molecule has 1 amide bonds. The van der Waals surface area contributed by atoms with E-state index in [0.717, 1.165) is 49.3 Å². The number of carbonyl (C=O) groups excluding carboxylic acids is 1. The Morgan fingerprint density at radius 2 is 1.75 bits per heavy atom. The fourth-order valence-corrected chi connectivity index (χ4v) is 3.62. The number of nitrogens with one attached hydrogen (secondary N) is 1. The molecule has 2 N–H and O–H groups in total. The Labute approximate surface area is 173 Å². The monoisotopic (exact) mass is 445 g/mol. The first-order valence-corrected chi connectivity index (χ1v) is 10.2. The minimum atomic E-state index is -1.06. The van der Waals surface area contributed by atoms with E-state index < -0.39 is 5.97 Å². The van der Waals surface area contributed by atoms with Crippen LogP contribution in [-0.4, -0.2) is 54.6 Å². The van der Waals surface area contributed by atoms with Crippen LogP contribution in [-0.2, 0) is 0 Å². The molecule has 0 saturated carbocycles. The molecule has 0 aromatic heterocycles. The summed E-state index contributed by atoms with van der Waals surface area (Å²) < 4.78 is 0.874. The lowest BCUT2D eigenvalue weighted by Gasteiger charge is -2.36. The Morgan fingerprint density at radius 3 is 2.36 bits per heavy atom. The molecule has 0 atom stereocenters. The van der Waals surface area contributed by atoms with Gasteiger partial charge in [-0.3, -0.25) is 9.69 Å². The lowest BCUT2D eigenvalue weighted by Crippen LogP contribution is -2.46. The SMILES string of the molecule is CCCN1CCN(c2ccc(NC(=O)c3ccc(Br)cc3)c(C(=O)O)c2)CC1. The smallest absolute Gasteiger partial charge is 0.337 e. The molecule has 2 aromatic carbocycles. The molecule has 0 bridgehead atoms. The second-order valence-electron chi connectivity index (χ2n) is 6.82. The molecule has 148 valence electrons. The molecule has 1 heterocycles. The van der Waals surface area contributed by atoms with E-state index in [4.69, 9.17) is 0 Å². The zero-order valence-electron chi connectivity index (χ0n) is 15.8. The lowest BCUT2D eigenvalue weighted by molar-refractivity contribution is 0.0698. The number of aromatic carboxylic acids is 1. The first kappa shape index (κ1) is 20.4. The maximum absolute atomic E-state index is 12.4. The average Bonchev–Trinajstić information content (AvgIpc) is 2.69. The summed E-state index contributed by atoms with van der Waals surface area (Å²) in [5, 5.41) is 12.4. The summed E-state index contributed by atoms with van der Waals surface area (Å²) in [6, 6.07) is 12.1. The lowest BCUT2D eigenvalue weighted by atomic mass is 10.1. The molecule has 7 heteroatoms. The number of amides is 1. The summed E-state index contributed by atoms with van der Waals surface area (Å²) in [6.07, 6.45) is 1.13. The third kappa shape index (κ3) is 4.91. The number of anilines is 2. The van der Waals surface area contributed by atoms with E-state index in [1.165, 1.54) is 0 Å². The number of nitrogens with zero attached hydrogens (tertiary/aromatic N) is 2.